The quantitative estimate of drug-likeness (QED) is 0.385. The third-order valence-electron chi connectivity index (χ3n) is 3.00. The van der Waals surface area contributed by atoms with E-state index in [1.54, 1.807) is 19.2 Å². The van der Waals surface area contributed by atoms with Gasteiger partial charge in [0.15, 0.2) is 5.96 Å². The van der Waals surface area contributed by atoms with Gasteiger partial charge in [-0.05, 0) is 42.3 Å². The summed E-state index contributed by atoms with van der Waals surface area (Å²) >= 11 is 12.0. The molecule has 0 aliphatic carbocycles. The van der Waals surface area contributed by atoms with Crippen molar-refractivity contribution in [3.05, 3.63) is 58.1 Å². The number of methoxy groups -OCH3 is 1. The molecule has 0 bridgehead atoms. The highest BCUT2D eigenvalue weighted by atomic mass is 127. The predicted molar refractivity (Wildman–Crippen MR) is 109 cm³/mol. The largest absolute Gasteiger partial charge is 0.495 e. The summed E-state index contributed by atoms with van der Waals surface area (Å²) < 4.78 is 5.10. The monoisotopic (exact) mass is 465 g/mol. The van der Waals surface area contributed by atoms with E-state index in [-0.39, 0.29) is 24.0 Å². The lowest BCUT2D eigenvalue weighted by molar-refractivity contribution is 0.415. The molecule has 0 saturated carbocycles. The first-order chi connectivity index (χ1) is 10.6. The zero-order valence-corrected chi connectivity index (χ0v) is 16.4. The molecule has 0 heterocycles. The fourth-order valence-electron chi connectivity index (χ4n) is 1.93. The number of anilines is 1. The number of guanidine groups is 1. The van der Waals surface area contributed by atoms with Crippen LogP contribution < -0.4 is 15.8 Å². The van der Waals surface area contributed by atoms with Gasteiger partial charge in [-0.2, -0.15) is 0 Å². The van der Waals surface area contributed by atoms with Crippen LogP contribution >= 0.6 is 47.2 Å². The molecule has 0 fully saturated rings. The Labute approximate surface area is 163 Å². The number of ether oxygens (including phenoxy) is 1. The fraction of sp³-hybridized carbons (Fsp3) is 0.188. The standard InChI is InChI=1S/C16H17Cl2N3O.HI/c1-22-15-6-5-13(10-14(15)18)21-16(19)20-8-7-11-3-2-4-12(17)9-11;/h2-6,9-10H,7-8H2,1H3,(H3,19,20,21);1H. The van der Waals surface area contributed by atoms with E-state index in [0.717, 1.165) is 22.7 Å². The summed E-state index contributed by atoms with van der Waals surface area (Å²) in [5, 5.41) is 4.23. The SMILES string of the molecule is COc1ccc(NC(N)=NCCc2cccc(Cl)c2)cc1Cl.I. The molecular formula is C16H18Cl2IN3O. The van der Waals surface area contributed by atoms with Crippen molar-refractivity contribution < 1.29 is 4.74 Å². The number of hydrogen-bond acceptors (Lipinski definition) is 2. The van der Waals surface area contributed by atoms with Crippen molar-refractivity contribution in [1.82, 2.24) is 0 Å². The summed E-state index contributed by atoms with van der Waals surface area (Å²) in [5.74, 6) is 0.951. The van der Waals surface area contributed by atoms with Crippen LogP contribution in [0.15, 0.2) is 47.5 Å². The van der Waals surface area contributed by atoms with Gasteiger partial charge in [-0.1, -0.05) is 35.3 Å². The fourth-order valence-corrected chi connectivity index (χ4v) is 2.40. The van der Waals surface area contributed by atoms with Crippen molar-refractivity contribution >= 4 is 58.8 Å². The highest BCUT2D eigenvalue weighted by Gasteiger charge is 2.02. The summed E-state index contributed by atoms with van der Waals surface area (Å²) in [6.45, 7) is 0.572. The van der Waals surface area contributed by atoms with E-state index in [1.807, 2.05) is 30.3 Å². The second-order valence-electron chi connectivity index (χ2n) is 4.62. The van der Waals surface area contributed by atoms with Crippen LogP contribution in [0.5, 0.6) is 5.75 Å². The van der Waals surface area contributed by atoms with Gasteiger partial charge in [0.2, 0.25) is 0 Å². The Bertz CT molecular complexity index is 680. The van der Waals surface area contributed by atoms with Crippen LogP contribution in [0, 0.1) is 0 Å². The van der Waals surface area contributed by atoms with Gasteiger partial charge in [0.25, 0.3) is 0 Å². The molecule has 23 heavy (non-hydrogen) atoms. The minimum atomic E-state index is 0. The Balaban J connectivity index is 0.00000264. The van der Waals surface area contributed by atoms with E-state index in [2.05, 4.69) is 10.3 Å². The van der Waals surface area contributed by atoms with E-state index >= 15 is 0 Å². The Kier molecular flexibility index (Phi) is 8.51. The van der Waals surface area contributed by atoms with Gasteiger partial charge in [0.1, 0.15) is 5.75 Å². The number of rotatable bonds is 5. The lowest BCUT2D eigenvalue weighted by atomic mass is 10.1. The number of benzene rings is 2. The van der Waals surface area contributed by atoms with E-state index < -0.39 is 0 Å². The predicted octanol–water partition coefficient (Wildman–Crippen LogP) is 4.59. The minimum absolute atomic E-state index is 0. The topological polar surface area (TPSA) is 59.6 Å². The molecule has 0 aromatic heterocycles. The van der Waals surface area contributed by atoms with E-state index in [1.165, 1.54) is 0 Å². The van der Waals surface area contributed by atoms with Crippen molar-refractivity contribution in [2.45, 2.75) is 6.42 Å². The van der Waals surface area contributed by atoms with Gasteiger partial charge >= 0.3 is 0 Å². The molecule has 0 radical (unpaired) electrons. The molecular weight excluding hydrogens is 448 g/mol. The average molecular weight is 466 g/mol. The van der Waals surface area contributed by atoms with Crippen molar-refractivity contribution in [2.24, 2.45) is 10.7 Å². The third-order valence-corrected chi connectivity index (χ3v) is 3.53. The highest BCUT2D eigenvalue weighted by molar-refractivity contribution is 14.0. The van der Waals surface area contributed by atoms with E-state index in [9.17, 15) is 0 Å². The third kappa shape index (κ3) is 6.45. The normalized spacial score (nSPS) is 10.8. The van der Waals surface area contributed by atoms with Crippen molar-refractivity contribution in [3.8, 4) is 5.75 Å². The molecule has 0 amide bonds. The Morgan fingerprint density at radius 1 is 1.22 bits per heavy atom. The van der Waals surface area contributed by atoms with Gasteiger partial charge < -0.3 is 15.8 Å². The summed E-state index contributed by atoms with van der Waals surface area (Å²) in [6.07, 6.45) is 0.770. The summed E-state index contributed by atoms with van der Waals surface area (Å²) in [5.41, 5.74) is 7.74. The van der Waals surface area contributed by atoms with Gasteiger partial charge in [0.05, 0.1) is 12.1 Å². The number of halogens is 3. The molecule has 0 saturated heterocycles. The molecule has 0 aliphatic rings. The smallest absolute Gasteiger partial charge is 0.193 e. The van der Waals surface area contributed by atoms with Crippen molar-refractivity contribution in [2.75, 3.05) is 19.0 Å². The van der Waals surface area contributed by atoms with Crippen LogP contribution in [0.3, 0.4) is 0 Å². The molecule has 2 aromatic rings. The first kappa shape index (κ1) is 19.9. The van der Waals surface area contributed by atoms with E-state index in [0.29, 0.717) is 23.3 Å². The molecule has 3 N–H and O–H groups in total. The lowest BCUT2D eigenvalue weighted by Gasteiger charge is -2.08. The molecule has 0 spiro atoms. The van der Waals surface area contributed by atoms with Gasteiger partial charge in [-0.15, -0.1) is 24.0 Å². The summed E-state index contributed by atoms with van der Waals surface area (Å²) in [4.78, 5) is 4.28. The second kappa shape index (κ2) is 9.85. The zero-order chi connectivity index (χ0) is 15.9. The molecule has 4 nitrogen and oxygen atoms in total. The Morgan fingerprint density at radius 3 is 2.65 bits per heavy atom. The minimum Gasteiger partial charge on any atom is -0.495 e. The van der Waals surface area contributed by atoms with Gasteiger partial charge in [-0.3, -0.25) is 4.99 Å². The van der Waals surface area contributed by atoms with Crippen LogP contribution in [-0.2, 0) is 6.42 Å². The summed E-state index contributed by atoms with van der Waals surface area (Å²) in [7, 11) is 1.57. The number of hydrogen-bond donors (Lipinski definition) is 2. The molecule has 0 unspecified atom stereocenters. The van der Waals surface area contributed by atoms with Crippen LogP contribution in [0.1, 0.15) is 5.56 Å². The van der Waals surface area contributed by atoms with Gasteiger partial charge in [0, 0.05) is 17.3 Å². The number of aliphatic imine (C=N–C) groups is 1. The Hall–Kier alpha value is -1.18. The molecule has 2 aromatic carbocycles. The molecule has 2 rings (SSSR count). The van der Waals surface area contributed by atoms with E-state index in [4.69, 9.17) is 33.7 Å². The first-order valence-electron chi connectivity index (χ1n) is 6.73. The summed E-state index contributed by atoms with van der Waals surface area (Å²) in [6, 6.07) is 13.0. The number of nitrogens with two attached hydrogens (primary N) is 1. The Morgan fingerprint density at radius 2 is 2.00 bits per heavy atom. The maximum atomic E-state index is 6.05. The van der Waals surface area contributed by atoms with Crippen LogP contribution in [-0.4, -0.2) is 19.6 Å². The number of nitrogens with zero attached hydrogens (tertiary/aromatic N) is 1. The zero-order valence-electron chi connectivity index (χ0n) is 12.6. The maximum Gasteiger partial charge on any atom is 0.193 e. The first-order valence-corrected chi connectivity index (χ1v) is 7.49. The average Bonchev–Trinajstić information content (AvgIpc) is 2.47. The van der Waals surface area contributed by atoms with Crippen molar-refractivity contribution in [1.29, 1.82) is 0 Å². The molecule has 0 aliphatic heterocycles. The van der Waals surface area contributed by atoms with Crippen LogP contribution in [0.4, 0.5) is 5.69 Å². The lowest BCUT2D eigenvalue weighted by Crippen LogP contribution is -2.23. The van der Waals surface area contributed by atoms with Crippen LogP contribution in [0.25, 0.3) is 0 Å². The molecule has 0 atom stereocenters. The highest BCUT2D eigenvalue weighted by Crippen LogP contribution is 2.27. The van der Waals surface area contributed by atoms with Crippen molar-refractivity contribution in [3.63, 3.8) is 0 Å². The van der Waals surface area contributed by atoms with Gasteiger partial charge in [-0.25, -0.2) is 0 Å². The maximum absolute atomic E-state index is 6.05. The van der Waals surface area contributed by atoms with Crippen LogP contribution in [0.2, 0.25) is 10.0 Å². The molecule has 7 heteroatoms. The second-order valence-corrected chi connectivity index (χ2v) is 5.46. The molecule has 124 valence electrons. The number of nitrogens with one attached hydrogen (secondary N) is 1.